The maximum absolute atomic E-state index is 12.1. The number of thiazole rings is 1. The number of halogens is 1. The van der Waals surface area contributed by atoms with E-state index in [1.807, 2.05) is 0 Å². The van der Waals surface area contributed by atoms with Crippen LogP contribution in [0, 0.1) is 0 Å². The van der Waals surface area contributed by atoms with Gasteiger partial charge in [-0.3, -0.25) is 15.1 Å². The maximum atomic E-state index is 12.1. The molecule has 0 aliphatic heterocycles. The molecule has 0 aromatic carbocycles. The predicted molar refractivity (Wildman–Crippen MR) is 78.6 cm³/mol. The highest BCUT2D eigenvalue weighted by molar-refractivity contribution is 9.10. The summed E-state index contributed by atoms with van der Waals surface area (Å²) in [6.07, 6.45) is 7.73. The zero-order valence-electron chi connectivity index (χ0n) is 10.1. The Bertz CT molecular complexity index is 603. The van der Waals surface area contributed by atoms with Crippen molar-refractivity contribution in [1.82, 2.24) is 9.97 Å². The van der Waals surface area contributed by atoms with Gasteiger partial charge in [-0.05, 0) is 47.7 Å². The van der Waals surface area contributed by atoms with E-state index in [4.69, 9.17) is 0 Å². The van der Waals surface area contributed by atoms with Crippen LogP contribution in [0.15, 0.2) is 22.9 Å². The molecule has 4 nitrogen and oxygen atoms in total. The Morgan fingerprint density at radius 2 is 2.16 bits per heavy atom. The van der Waals surface area contributed by atoms with Crippen molar-refractivity contribution in [2.45, 2.75) is 25.7 Å². The molecule has 0 unspecified atom stereocenters. The van der Waals surface area contributed by atoms with E-state index in [-0.39, 0.29) is 5.91 Å². The number of aryl methyl sites for hydroxylation is 2. The molecule has 0 saturated carbocycles. The zero-order chi connectivity index (χ0) is 13.2. The average molecular weight is 338 g/mol. The predicted octanol–water partition coefficient (Wildman–Crippen LogP) is 3.43. The molecule has 1 N–H and O–H groups in total. The summed E-state index contributed by atoms with van der Waals surface area (Å²) >= 11 is 4.89. The van der Waals surface area contributed by atoms with E-state index in [0.717, 1.165) is 23.0 Å². The molecule has 0 saturated heterocycles. The third-order valence-electron chi connectivity index (χ3n) is 3.03. The van der Waals surface area contributed by atoms with Crippen LogP contribution in [0.4, 0.5) is 5.13 Å². The molecule has 3 rings (SSSR count). The number of hydrogen-bond acceptors (Lipinski definition) is 4. The highest BCUT2D eigenvalue weighted by Gasteiger charge is 2.16. The van der Waals surface area contributed by atoms with Gasteiger partial charge in [-0.2, -0.15) is 0 Å². The molecule has 2 heterocycles. The normalized spacial score (nSPS) is 13.9. The van der Waals surface area contributed by atoms with Crippen LogP contribution in [0.5, 0.6) is 0 Å². The Morgan fingerprint density at radius 1 is 1.32 bits per heavy atom. The van der Waals surface area contributed by atoms with Crippen molar-refractivity contribution in [3.8, 4) is 0 Å². The first-order chi connectivity index (χ1) is 9.22. The summed E-state index contributed by atoms with van der Waals surface area (Å²) in [5.74, 6) is -0.167. The number of nitrogens with zero attached hydrogens (tertiary/aromatic N) is 2. The van der Waals surface area contributed by atoms with E-state index in [2.05, 4.69) is 31.2 Å². The molecule has 1 aliphatic carbocycles. The summed E-state index contributed by atoms with van der Waals surface area (Å²) in [6, 6.07) is 1.75. The molecule has 98 valence electrons. The zero-order valence-corrected chi connectivity index (χ0v) is 12.6. The van der Waals surface area contributed by atoms with Crippen molar-refractivity contribution in [3.05, 3.63) is 39.1 Å². The smallest absolute Gasteiger partial charge is 0.259 e. The molecular weight excluding hydrogens is 326 g/mol. The van der Waals surface area contributed by atoms with E-state index in [1.54, 1.807) is 29.8 Å². The fraction of sp³-hybridized carbons (Fsp3) is 0.308. The monoisotopic (exact) mass is 337 g/mol. The van der Waals surface area contributed by atoms with Gasteiger partial charge >= 0.3 is 0 Å². The molecule has 6 heteroatoms. The molecular formula is C13H12BrN3OS. The van der Waals surface area contributed by atoms with Gasteiger partial charge < -0.3 is 0 Å². The van der Waals surface area contributed by atoms with E-state index in [9.17, 15) is 4.79 Å². The second-order valence-electron chi connectivity index (χ2n) is 4.44. The van der Waals surface area contributed by atoms with Crippen molar-refractivity contribution in [3.63, 3.8) is 0 Å². The van der Waals surface area contributed by atoms with Crippen molar-refractivity contribution >= 4 is 38.3 Å². The number of hydrogen-bond donors (Lipinski definition) is 1. The first-order valence-corrected chi connectivity index (χ1v) is 7.74. The molecule has 19 heavy (non-hydrogen) atoms. The Balaban J connectivity index is 1.77. The van der Waals surface area contributed by atoms with Crippen molar-refractivity contribution in [2.24, 2.45) is 0 Å². The molecule has 0 fully saturated rings. The van der Waals surface area contributed by atoms with Crippen LogP contribution in [0.2, 0.25) is 0 Å². The van der Waals surface area contributed by atoms with Crippen molar-refractivity contribution < 1.29 is 4.79 Å². The van der Waals surface area contributed by atoms with Gasteiger partial charge in [-0.1, -0.05) is 0 Å². The third kappa shape index (κ3) is 2.84. The van der Waals surface area contributed by atoms with Crippen LogP contribution in [0.25, 0.3) is 0 Å². The van der Waals surface area contributed by atoms with Crippen LogP contribution in [0.1, 0.15) is 33.8 Å². The molecule has 1 aliphatic rings. The average Bonchev–Trinajstić information content (AvgIpc) is 2.80. The SMILES string of the molecule is O=C(Nc1nc2c(s1)CCCC2)c1cncc(Br)c1. The molecule has 0 bridgehead atoms. The Kier molecular flexibility index (Phi) is 3.61. The lowest BCUT2D eigenvalue weighted by atomic mass is 10.0. The Hall–Kier alpha value is -1.27. The summed E-state index contributed by atoms with van der Waals surface area (Å²) in [6.45, 7) is 0. The van der Waals surface area contributed by atoms with Gasteiger partial charge in [0.25, 0.3) is 5.91 Å². The molecule has 0 spiro atoms. The first kappa shape index (κ1) is 12.7. The number of aromatic nitrogens is 2. The fourth-order valence-electron chi connectivity index (χ4n) is 2.11. The van der Waals surface area contributed by atoms with E-state index in [1.165, 1.54) is 17.7 Å². The minimum absolute atomic E-state index is 0.167. The third-order valence-corrected chi connectivity index (χ3v) is 4.54. The van der Waals surface area contributed by atoms with Crippen LogP contribution in [0.3, 0.4) is 0 Å². The lowest BCUT2D eigenvalue weighted by molar-refractivity contribution is 0.102. The largest absolute Gasteiger partial charge is 0.298 e. The maximum Gasteiger partial charge on any atom is 0.259 e. The minimum atomic E-state index is -0.167. The number of carbonyl (C=O) groups excluding carboxylic acids is 1. The van der Waals surface area contributed by atoms with Gasteiger partial charge in [0, 0.05) is 21.7 Å². The Labute approximate surface area is 123 Å². The standard InChI is InChI=1S/C13H12BrN3OS/c14-9-5-8(6-15-7-9)12(18)17-13-16-10-3-1-2-4-11(10)19-13/h5-7H,1-4H2,(H,16,17,18). The molecule has 0 radical (unpaired) electrons. The number of amides is 1. The lowest BCUT2D eigenvalue weighted by Crippen LogP contribution is -2.12. The second-order valence-corrected chi connectivity index (χ2v) is 6.44. The van der Waals surface area contributed by atoms with E-state index in [0.29, 0.717) is 10.7 Å². The summed E-state index contributed by atoms with van der Waals surface area (Å²) in [7, 11) is 0. The first-order valence-electron chi connectivity index (χ1n) is 6.13. The van der Waals surface area contributed by atoms with Crippen LogP contribution < -0.4 is 5.32 Å². The topological polar surface area (TPSA) is 54.9 Å². The number of fused-ring (bicyclic) bond motifs is 1. The van der Waals surface area contributed by atoms with Gasteiger partial charge in [0.15, 0.2) is 5.13 Å². The quantitative estimate of drug-likeness (QED) is 0.913. The fourth-order valence-corrected chi connectivity index (χ4v) is 3.52. The molecule has 0 atom stereocenters. The van der Waals surface area contributed by atoms with Gasteiger partial charge in [-0.15, -0.1) is 11.3 Å². The number of nitrogens with one attached hydrogen (secondary N) is 1. The molecule has 1 amide bonds. The van der Waals surface area contributed by atoms with Crippen LogP contribution in [-0.4, -0.2) is 15.9 Å². The lowest BCUT2D eigenvalue weighted by Gasteiger charge is -2.06. The number of pyridine rings is 1. The van der Waals surface area contributed by atoms with Crippen molar-refractivity contribution in [1.29, 1.82) is 0 Å². The van der Waals surface area contributed by atoms with E-state index >= 15 is 0 Å². The van der Waals surface area contributed by atoms with Gasteiger partial charge in [0.2, 0.25) is 0 Å². The minimum Gasteiger partial charge on any atom is -0.298 e. The number of anilines is 1. The highest BCUT2D eigenvalue weighted by atomic mass is 79.9. The van der Waals surface area contributed by atoms with Crippen LogP contribution in [-0.2, 0) is 12.8 Å². The van der Waals surface area contributed by atoms with Gasteiger partial charge in [0.1, 0.15) is 0 Å². The summed E-state index contributed by atoms with van der Waals surface area (Å²) < 4.78 is 0.790. The van der Waals surface area contributed by atoms with Gasteiger partial charge in [-0.25, -0.2) is 4.98 Å². The Morgan fingerprint density at radius 3 is 2.95 bits per heavy atom. The highest BCUT2D eigenvalue weighted by Crippen LogP contribution is 2.29. The molecule has 2 aromatic heterocycles. The second kappa shape index (κ2) is 5.38. The number of carbonyl (C=O) groups is 1. The number of rotatable bonds is 2. The summed E-state index contributed by atoms with van der Waals surface area (Å²) in [5, 5.41) is 3.54. The van der Waals surface area contributed by atoms with Crippen molar-refractivity contribution in [2.75, 3.05) is 5.32 Å². The van der Waals surface area contributed by atoms with Gasteiger partial charge in [0.05, 0.1) is 11.3 Å². The molecule has 2 aromatic rings. The van der Waals surface area contributed by atoms with E-state index < -0.39 is 0 Å². The summed E-state index contributed by atoms with van der Waals surface area (Å²) in [4.78, 5) is 21.9. The van der Waals surface area contributed by atoms with Crippen LogP contribution >= 0.6 is 27.3 Å². The summed E-state index contributed by atoms with van der Waals surface area (Å²) in [5.41, 5.74) is 1.68.